The van der Waals surface area contributed by atoms with Gasteiger partial charge in [-0.15, -0.1) is 0 Å². The van der Waals surface area contributed by atoms with Crippen molar-refractivity contribution in [3.05, 3.63) is 36.2 Å². The van der Waals surface area contributed by atoms with Gasteiger partial charge in [-0.3, -0.25) is 4.68 Å². The zero-order valence-corrected chi connectivity index (χ0v) is 12.0. The zero-order chi connectivity index (χ0) is 13.7. The zero-order valence-electron chi connectivity index (χ0n) is 12.0. The minimum Gasteiger partial charge on any atom is -0.337 e. The summed E-state index contributed by atoms with van der Waals surface area (Å²) in [6.45, 7) is 9.29. The fourth-order valence-corrected chi connectivity index (χ4v) is 2.21. The van der Waals surface area contributed by atoms with Crippen molar-refractivity contribution >= 4 is 0 Å². The average Bonchev–Trinajstić information content (AvgIpc) is 2.96. The first-order chi connectivity index (χ1) is 9.15. The van der Waals surface area contributed by atoms with Crippen molar-refractivity contribution in [1.82, 2.24) is 24.6 Å². The summed E-state index contributed by atoms with van der Waals surface area (Å²) in [5, 5.41) is 8.02. The molecule has 0 amide bonds. The maximum Gasteiger partial charge on any atom is 0.0945 e. The SMILES string of the molecule is Cc1cc(C)n(CC(C)NCCCn2ccnc2)n1. The highest BCUT2D eigenvalue weighted by atomic mass is 15.3. The molecule has 2 rings (SSSR count). The lowest BCUT2D eigenvalue weighted by Crippen LogP contribution is -2.32. The van der Waals surface area contributed by atoms with Crippen LogP contribution in [0.3, 0.4) is 0 Å². The van der Waals surface area contributed by atoms with E-state index in [4.69, 9.17) is 0 Å². The molecule has 0 fully saturated rings. The second-order valence-corrected chi connectivity index (χ2v) is 5.12. The predicted molar refractivity (Wildman–Crippen MR) is 76.0 cm³/mol. The molecular weight excluding hydrogens is 238 g/mol. The molecule has 0 radical (unpaired) electrons. The third-order valence-electron chi connectivity index (χ3n) is 3.20. The van der Waals surface area contributed by atoms with Crippen molar-refractivity contribution < 1.29 is 0 Å². The van der Waals surface area contributed by atoms with Gasteiger partial charge in [0, 0.05) is 30.7 Å². The van der Waals surface area contributed by atoms with Crippen LogP contribution in [0.15, 0.2) is 24.8 Å². The first kappa shape index (κ1) is 13.8. The van der Waals surface area contributed by atoms with Crippen molar-refractivity contribution in [3.63, 3.8) is 0 Å². The van der Waals surface area contributed by atoms with Crippen LogP contribution in [0, 0.1) is 13.8 Å². The van der Waals surface area contributed by atoms with Crippen molar-refractivity contribution in [1.29, 1.82) is 0 Å². The monoisotopic (exact) mass is 261 g/mol. The topological polar surface area (TPSA) is 47.7 Å². The van der Waals surface area contributed by atoms with E-state index in [-0.39, 0.29) is 0 Å². The molecule has 0 bridgehead atoms. The number of nitrogens with one attached hydrogen (secondary N) is 1. The van der Waals surface area contributed by atoms with Gasteiger partial charge in [0.05, 0.1) is 18.6 Å². The number of hydrogen-bond donors (Lipinski definition) is 1. The Kier molecular flexibility index (Phi) is 4.74. The number of hydrogen-bond acceptors (Lipinski definition) is 3. The lowest BCUT2D eigenvalue weighted by molar-refractivity contribution is 0.434. The second-order valence-electron chi connectivity index (χ2n) is 5.12. The van der Waals surface area contributed by atoms with Crippen LogP contribution in [0.4, 0.5) is 0 Å². The molecule has 2 aromatic heterocycles. The van der Waals surface area contributed by atoms with Crippen LogP contribution in [-0.4, -0.2) is 31.9 Å². The van der Waals surface area contributed by atoms with E-state index in [2.05, 4.69) is 44.6 Å². The van der Waals surface area contributed by atoms with E-state index in [0.29, 0.717) is 6.04 Å². The lowest BCUT2D eigenvalue weighted by atomic mass is 10.3. The lowest BCUT2D eigenvalue weighted by Gasteiger charge is -2.15. The number of aryl methyl sites for hydroxylation is 3. The molecule has 0 aliphatic rings. The van der Waals surface area contributed by atoms with Crippen LogP contribution in [0.5, 0.6) is 0 Å². The van der Waals surface area contributed by atoms with Crippen LogP contribution < -0.4 is 5.32 Å². The molecule has 19 heavy (non-hydrogen) atoms. The van der Waals surface area contributed by atoms with Crippen LogP contribution in [0.1, 0.15) is 24.7 Å². The van der Waals surface area contributed by atoms with Gasteiger partial charge in [0.2, 0.25) is 0 Å². The number of aromatic nitrogens is 4. The summed E-state index contributed by atoms with van der Waals surface area (Å²) < 4.78 is 4.18. The third-order valence-corrected chi connectivity index (χ3v) is 3.20. The van der Waals surface area contributed by atoms with Crippen LogP contribution in [-0.2, 0) is 13.1 Å². The Bertz CT molecular complexity index is 486. The largest absolute Gasteiger partial charge is 0.337 e. The van der Waals surface area contributed by atoms with Crippen molar-refractivity contribution in [2.24, 2.45) is 0 Å². The maximum atomic E-state index is 4.48. The standard InChI is InChI=1S/C14H23N5/c1-12-9-14(3)19(17-12)10-13(2)16-5-4-7-18-8-6-15-11-18/h6,8-9,11,13,16H,4-5,7,10H2,1-3H3. The molecule has 1 N–H and O–H groups in total. The average molecular weight is 261 g/mol. The Hall–Kier alpha value is -1.62. The van der Waals surface area contributed by atoms with Crippen molar-refractivity contribution in [3.8, 4) is 0 Å². The Morgan fingerprint density at radius 3 is 2.84 bits per heavy atom. The summed E-state index contributed by atoms with van der Waals surface area (Å²) in [5.41, 5.74) is 2.31. The van der Waals surface area contributed by atoms with Crippen LogP contribution in [0.2, 0.25) is 0 Å². The van der Waals surface area contributed by atoms with Crippen molar-refractivity contribution in [2.75, 3.05) is 6.54 Å². The molecule has 1 unspecified atom stereocenters. The summed E-state index contributed by atoms with van der Waals surface area (Å²) in [4.78, 5) is 4.03. The predicted octanol–water partition coefficient (Wildman–Crippen LogP) is 1.76. The van der Waals surface area contributed by atoms with E-state index in [0.717, 1.165) is 31.7 Å². The highest BCUT2D eigenvalue weighted by molar-refractivity contribution is 5.06. The maximum absolute atomic E-state index is 4.48. The summed E-state index contributed by atoms with van der Waals surface area (Å²) in [7, 11) is 0. The molecule has 104 valence electrons. The van der Waals surface area contributed by atoms with Gasteiger partial charge >= 0.3 is 0 Å². The van der Waals surface area contributed by atoms with Gasteiger partial charge in [0.1, 0.15) is 0 Å². The first-order valence-electron chi connectivity index (χ1n) is 6.85. The highest BCUT2D eigenvalue weighted by Gasteiger charge is 2.06. The Labute approximate surface area is 114 Å². The van der Waals surface area contributed by atoms with E-state index >= 15 is 0 Å². The van der Waals surface area contributed by atoms with Gasteiger partial charge in [-0.25, -0.2) is 4.98 Å². The van der Waals surface area contributed by atoms with Gasteiger partial charge < -0.3 is 9.88 Å². The van der Waals surface area contributed by atoms with Gasteiger partial charge in [-0.2, -0.15) is 5.10 Å². The highest BCUT2D eigenvalue weighted by Crippen LogP contribution is 2.02. The molecule has 1 atom stereocenters. The van der Waals surface area contributed by atoms with Gasteiger partial charge in [0.25, 0.3) is 0 Å². The molecule has 5 nitrogen and oxygen atoms in total. The molecule has 2 aromatic rings. The van der Waals surface area contributed by atoms with E-state index < -0.39 is 0 Å². The number of rotatable bonds is 7. The third kappa shape index (κ3) is 4.21. The van der Waals surface area contributed by atoms with Gasteiger partial charge in [-0.1, -0.05) is 0 Å². The number of imidazole rings is 1. The Balaban J connectivity index is 1.67. The summed E-state index contributed by atoms with van der Waals surface area (Å²) in [5.74, 6) is 0. The fourth-order valence-electron chi connectivity index (χ4n) is 2.21. The van der Waals surface area contributed by atoms with Crippen LogP contribution in [0.25, 0.3) is 0 Å². The number of nitrogens with zero attached hydrogens (tertiary/aromatic N) is 4. The van der Waals surface area contributed by atoms with E-state index in [1.165, 1.54) is 5.69 Å². The van der Waals surface area contributed by atoms with Gasteiger partial charge in [0.15, 0.2) is 0 Å². The minimum absolute atomic E-state index is 0.431. The van der Waals surface area contributed by atoms with E-state index in [9.17, 15) is 0 Å². The molecule has 0 spiro atoms. The molecule has 0 aliphatic heterocycles. The van der Waals surface area contributed by atoms with Crippen molar-refractivity contribution in [2.45, 2.75) is 46.3 Å². The molecule has 0 aliphatic carbocycles. The minimum atomic E-state index is 0.431. The molecule has 0 saturated carbocycles. The molecule has 0 aromatic carbocycles. The summed E-state index contributed by atoms with van der Waals surface area (Å²) >= 11 is 0. The van der Waals surface area contributed by atoms with Crippen LogP contribution >= 0.6 is 0 Å². The molecule has 0 saturated heterocycles. The Morgan fingerprint density at radius 1 is 1.37 bits per heavy atom. The summed E-state index contributed by atoms with van der Waals surface area (Å²) in [6.07, 6.45) is 6.79. The molecule has 5 heteroatoms. The molecular formula is C14H23N5. The van der Waals surface area contributed by atoms with Gasteiger partial charge in [-0.05, 0) is 39.8 Å². The first-order valence-corrected chi connectivity index (χ1v) is 6.85. The fraction of sp³-hybridized carbons (Fsp3) is 0.571. The summed E-state index contributed by atoms with van der Waals surface area (Å²) in [6, 6.07) is 2.55. The smallest absolute Gasteiger partial charge is 0.0945 e. The normalized spacial score (nSPS) is 12.8. The molecule has 2 heterocycles. The Morgan fingerprint density at radius 2 is 2.21 bits per heavy atom. The second kappa shape index (κ2) is 6.52. The quantitative estimate of drug-likeness (QED) is 0.773. The van der Waals surface area contributed by atoms with E-state index in [1.807, 2.05) is 25.6 Å². The van der Waals surface area contributed by atoms with E-state index in [1.54, 1.807) is 0 Å².